The zero-order chi connectivity index (χ0) is 14.5. The Morgan fingerprint density at radius 2 is 2.26 bits per heavy atom. The van der Waals surface area contributed by atoms with Crippen molar-refractivity contribution in [1.29, 1.82) is 5.26 Å². The fourth-order valence-corrected chi connectivity index (χ4v) is 1.33. The quantitative estimate of drug-likeness (QED) is 0.887. The molecule has 102 valence electrons. The zero-order valence-electron chi connectivity index (χ0n) is 11.2. The maximum Gasteiger partial charge on any atom is 0.259 e. The molecule has 0 aliphatic rings. The van der Waals surface area contributed by atoms with Gasteiger partial charge in [0.1, 0.15) is 17.1 Å². The summed E-state index contributed by atoms with van der Waals surface area (Å²) in [6.45, 7) is 5.08. The van der Waals surface area contributed by atoms with Gasteiger partial charge in [-0.1, -0.05) is 19.9 Å². The summed E-state index contributed by atoms with van der Waals surface area (Å²) in [7, 11) is 0. The third-order valence-electron chi connectivity index (χ3n) is 2.95. The van der Waals surface area contributed by atoms with E-state index in [4.69, 9.17) is 10.00 Å². The molecule has 1 rings (SSSR count). The first-order valence-corrected chi connectivity index (χ1v) is 5.98. The number of hydrogen-bond donors (Lipinski definition) is 1. The van der Waals surface area contributed by atoms with Gasteiger partial charge in [-0.05, 0) is 25.0 Å². The highest BCUT2D eigenvalue weighted by Gasteiger charge is 2.29. The molecule has 0 unspecified atom stereocenters. The summed E-state index contributed by atoms with van der Waals surface area (Å²) in [5, 5.41) is 11.7. The Hall–Kier alpha value is -2.09. The lowest BCUT2D eigenvalue weighted by molar-refractivity contribution is -0.124. The third-order valence-corrected chi connectivity index (χ3v) is 2.95. The molecule has 0 spiro atoms. The Labute approximate surface area is 112 Å². The van der Waals surface area contributed by atoms with E-state index in [-0.39, 0.29) is 18.3 Å². The molecular formula is C14H17FN2O2. The van der Waals surface area contributed by atoms with Crippen molar-refractivity contribution in [3.05, 3.63) is 30.1 Å². The van der Waals surface area contributed by atoms with E-state index in [9.17, 15) is 9.18 Å². The predicted molar refractivity (Wildman–Crippen MR) is 68.9 cm³/mol. The van der Waals surface area contributed by atoms with Gasteiger partial charge < -0.3 is 10.1 Å². The summed E-state index contributed by atoms with van der Waals surface area (Å²) in [5.74, 6) is -0.599. The normalized spacial score (nSPS) is 13.5. The minimum Gasteiger partial charge on any atom is -0.484 e. The van der Waals surface area contributed by atoms with E-state index in [2.05, 4.69) is 11.4 Å². The highest BCUT2D eigenvalue weighted by molar-refractivity contribution is 5.78. The molecule has 4 nitrogen and oxygen atoms in total. The molecule has 1 N–H and O–H groups in total. The maximum absolute atomic E-state index is 12.9. The van der Waals surface area contributed by atoms with Gasteiger partial charge in [-0.15, -0.1) is 0 Å². The second kappa shape index (κ2) is 6.19. The van der Waals surface area contributed by atoms with Gasteiger partial charge in [-0.25, -0.2) is 4.39 Å². The lowest BCUT2D eigenvalue weighted by atomic mass is 9.90. The lowest BCUT2D eigenvalue weighted by Gasteiger charge is -2.27. The fraction of sp³-hybridized carbons (Fsp3) is 0.429. The minimum atomic E-state index is -0.942. The van der Waals surface area contributed by atoms with Gasteiger partial charge in [0.25, 0.3) is 5.91 Å². The van der Waals surface area contributed by atoms with E-state index in [1.807, 2.05) is 13.8 Å². The van der Waals surface area contributed by atoms with Gasteiger partial charge in [0, 0.05) is 6.07 Å². The smallest absolute Gasteiger partial charge is 0.259 e. The molecule has 19 heavy (non-hydrogen) atoms. The molecule has 0 heterocycles. The first kappa shape index (κ1) is 15.0. The van der Waals surface area contributed by atoms with Gasteiger partial charge in [0.15, 0.2) is 6.61 Å². The molecule has 1 atom stereocenters. The Morgan fingerprint density at radius 1 is 1.58 bits per heavy atom. The summed E-state index contributed by atoms with van der Waals surface area (Å²) < 4.78 is 18.1. The zero-order valence-corrected chi connectivity index (χ0v) is 11.2. The van der Waals surface area contributed by atoms with Gasteiger partial charge in [0.05, 0.1) is 6.07 Å². The third kappa shape index (κ3) is 4.25. The molecule has 0 aromatic heterocycles. The monoisotopic (exact) mass is 264 g/mol. The predicted octanol–water partition coefficient (Wildman–Crippen LogP) is 2.26. The number of halogens is 1. The van der Waals surface area contributed by atoms with Crippen molar-refractivity contribution in [2.24, 2.45) is 5.92 Å². The van der Waals surface area contributed by atoms with Gasteiger partial charge in [0.2, 0.25) is 0 Å². The summed E-state index contributed by atoms with van der Waals surface area (Å²) in [5.41, 5.74) is -0.942. The fourth-order valence-electron chi connectivity index (χ4n) is 1.33. The summed E-state index contributed by atoms with van der Waals surface area (Å²) >= 11 is 0. The number of nitrogens with one attached hydrogen (secondary N) is 1. The second-order valence-electron chi connectivity index (χ2n) is 4.76. The van der Waals surface area contributed by atoms with Crippen molar-refractivity contribution in [3.63, 3.8) is 0 Å². The van der Waals surface area contributed by atoms with Crippen LogP contribution in [0.1, 0.15) is 20.8 Å². The van der Waals surface area contributed by atoms with Crippen molar-refractivity contribution in [3.8, 4) is 11.8 Å². The van der Waals surface area contributed by atoms with Gasteiger partial charge >= 0.3 is 0 Å². The van der Waals surface area contributed by atoms with Crippen LogP contribution in [0.5, 0.6) is 5.75 Å². The van der Waals surface area contributed by atoms with Crippen LogP contribution in [0.4, 0.5) is 4.39 Å². The minimum absolute atomic E-state index is 0.0318. The van der Waals surface area contributed by atoms with E-state index < -0.39 is 17.3 Å². The molecule has 1 amide bonds. The number of carbonyl (C=O) groups is 1. The van der Waals surface area contributed by atoms with Crippen LogP contribution >= 0.6 is 0 Å². The molecule has 1 aromatic carbocycles. The molecule has 0 saturated carbocycles. The second-order valence-corrected chi connectivity index (χ2v) is 4.76. The number of nitrogens with zero attached hydrogens (tertiary/aromatic N) is 1. The first-order chi connectivity index (χ1) is 8.87. The van der Waals surface area contributed by atoms with E-state index in [0.29, 0.717) is 0 Å². The Bertz CT molecular complexity index is 496. The van der Waals surface area contributed by atoms with Crippen LogP contribution in [0.15, 0.2) is 24.3 Å². The van der Waals surface area contributed by atoms with Crippen molar-refractivity contribution in [1.82, 2.24) is 5.32 Å². The van der Waals surface area contributed by atoms with Crippen LogP contribution in [0.3, 0.4) is 0 Å². The van der Waals surface area contributed by atoms with Crippen molar-refractivity contribution >= 4 is 5.91 Å². The molecular weight excluding hydrogens is 247 g/mol. The average Bonchev–Trinajstić information content (AvgIpc) is 2.36. The van der Waals surface area contributed by atoms with Crippen molar-refractivity contribution in [2.75, 3.05) is 6.61 Å². The number of amides is 1. The Kier molecular flexibility index (Phi) is 4.87. The van der Waals surface area contributed by atoms with Crippen LogP contribution < -0.4 is 10.1 Å². The number of carbonyl (C=O) groups excluding carboxylic acids is 1. The van der Waals surface area contributed by atoms with E-state index in [1.54, 1.807) is 13.0 Å². The van der Waals surface area contributed by atoms with Gasteiger partial charge in [-0.2, -0.15) is 5.26 Å². The number of benzene rings is 1. The molecule has 0 aliphatic carbocycles. The van der Waals surface area contributed by atoms with E-state index >= 15 is 0 Å². The largest absolute Gasteiger partial charge is 0.484 e. The first-order valence-electron chi connectivity index (χ1n) is 5.98. The molecule has 0 radical (unpaired) electrons. The van der Waals surface area contributed by atoms with Crippen molar-refractivity contribution < 1.29 is 13.9 Å². The van der Waals surface area contributed by atoms with Crippen LogP contribution in [0, 0.1) is 23.1 Å². The number of ether oxygens (including phenoxy) is 1. The molecule has 5 heteroatoms. The van der Waals surface area contributed by atoms with E-state index in [0.717, 1.165) is 0 Å². The highest BCUT2D eigenvalue weighted by Crippen LogP contribution is 2.15. The van der Waals surface area contributed by atoms with Gasteiger partial charge in [-0.3, -0.25) is 4.79 Å². The Balaban J connectivity index is 2.55. The van der Waals surface area contributed by atoms with E-state index in [1.165, 1.54) is 18.2 Å². The molecule has 0 saturated heterocycles. The number of rotatable bonds is 5. The number of hydrogen-bond acceptors (Lipinski definition) is 3. The topological polar surface area (TPSA) is 62.1 Å². The van der Waals surface area contributed by atoms with Crippen LogP contribution in [-0.2, 0) is 4.79 Å². The van der Waals surface area contributed by atoms with Crippen molar-refractivity contribution in [2.45, 2.75) is 26.3 Å². The highest BCUT2D eigenvalue weighted by atomic mass is 19.1. The summed E-state index contributed by atoms with van der Waals surface area (Å²) in [6.07, 6.45) is 0. The van der Waals surface area contributed by atoms with Crippen LogP contribution in [0.2, 0.25) is 0 Å². The van der Waals surface area contributed by atoms with Crippen LogP contribution in [0.25, 0.3) is 0 Å². The number of nitriles is 1. The maximum atomic E-state index is 12.9. The summed E-state index contributed by atoms with van der Waals surface area (Å²) in [4.78, 5) is 11.7. The molecule has 0 bridgehead atoms. The lowest BCUT2D eigenvalue weighted by Crippen LogP contribution is -2.50. The standard InChI is InChI=1S/C14H17FN2O2/c1-10(2)14(3,9-16)17-13(18)8-19-12-6-4-5-11(15)7-12/h4-7,10H,8H2,1-3H3,(H,17,18)/t14-/m1/s1. The van der Waals surface area contributed by atoms with Crippen LogP contribution in [-0.4, -0.2) is 18.1 Å². The molecule has 1 aromatic rings. The Morgan fingerprint density at radius 3 is 2.79 bits per heavy atom. The molecule has 0 fully saturated rings. The molecule has 0 aliphatic heterocycles. The SMILES string of the molecule is CC(C)[C@@](C)(C#N)NC(=O)COc1cccc(F)c1. The summed E-state index contributed by atoms with van der Waals surface area (Å²) in [6, 6.07) is 7.61. The average molecular weight is 264 g/mol.